The molecule has 1 aromatic carbocycles. The molecular weight excluding hydrogens is 411 g/mol. The quantitative estimate of drug-likeness (QED) is 0.667. The smallest absolute Gasteiger partial charge is 0.351 e. The lowest BCUT2D eigenvalue weighted by Gasteiger charge is -2.17. The van der Waals surface area contributed by atoms with Crippen LogP contribution in [0.15, 0.2) is 42.6 Å². The second-order valence-electron chi connectivity index (χ2n) is 7.90. The molecule has 7 nitrogen and oxygen atoms in total. The van der Waals surface area contributed by atoms with Gasteiger partial charge in [-0.05, 0) is 30.7 Å². The summed E-state index contributed by atoms with van der Waals surface area (Å²) >= 11 is 0. The number of hydrogen-bond acceptors (Lipinski definition) is 4. The van der Waals surface area contributed by atoms with Crippen molar-refractivity contribution >= 4 is 28.5 Å². The van der Waals surface area contributed by atoms with Gasteiger partial charge < -0.3 is 15.2 Å². The van der Waals surface area contributed by atoms with Gasteiger partial charge in [0.05, 0.1) is 29.0 Å². The Labute approximate surface area is 174 Å². The molecule has 3 heterocycles. The fraction of sp³-hybridized carbons (Fsp3) is 0.333. The largest absolute Gasteiger partial charge is 0.433 e. The van der Waals surface area contributed by atoms with Crippen LogP contribution in [-0.2, 0) is 15.8 Å². The molecule has 2 fully saturated rings. The van der Waals surface area contributed by atoms with Crippen molar-refractivity contribution in [1.29, 1.82) is 0 Å². The standard InChI is InChI=1S/C21H18F3N5O2/c22-21(23,24)17-6-5-12(9-25-17)29-10-11(7-18(29)30)26-20(31)14-8-13(14)19-27-15-3-1-2-4-16(15)28-19/h1-6,9,11,13-14H,7-8,10H2,(H,26,31)(H,27,28)/t11-,13-,14-/m0/s1. The Hall–Kier alpha value is -3.43. The summed E-state index contributed by atoms with van der Waals surface area (Å²) in [4.78, 5) is 37.5. The summed E-state index contributed by atoms with van der Waals surface area (Å²) < 4.78 is 38.0. The summed E-state index contributed by atoms with van der Waals surface area (Å²) in [6.07, 6.45) is -2.73. The number of aromatic amines is 1. The summed E-state index contributed by atoms with van der Waals surface area (Å²) in [6, 6.07) is 9.31. The van der Waals surface area contributed by atoms with Gasteiger partial charge in [0.15, 0.2) is 0 Å². The molecule has 1 aliphatic heterocycles. The van der Waals surface area contributed by atoms with Crippen LogP contribution in [0.1, 0.15) is 30.3 Å². The highest BCUT2D eigenvalue weighted by Crippen LogP contribution is 2.47. The van der Waals surface area contributed by atoms with Gasteiger partial charge in [-0.1, -0.05) is 12.1 Å². The number of carbonyl (C=O) groups is 2. The van der Waals surface area contributed by atoms with Crippen molar-refractivity contribution in [1.82, 2.24) is 20.3 Å². The van der Waals surface area contributed by atoms with Crippen LogP contribution in [0.3, 0.4) is 0 Å². The SMILES string of the molecule is O=C(N[C@H]1CC(=O)N(c2ccc(C(F)(F)F)nc2)C1)[C@H]1C[C@@H]1c1nc2ccccc2[nH]1. The molecule has 2 N–H and O–H groups in total. The Morgan fingerprint density at radius 1 is 1.19 bits per heavy atom. The molecule has 5 rings (SSSR count). The van der Waals surface area contributed by atoms with E-state index in [1.165, 1.54) is 11.0 Å². The minimum absolute atomic E-state index is 0.0136. The zero-order valence-corrected chi connectivity index (χ0v) is 16.2. The van der Waals surface area contributed by atoms with E-state index in [4.69, 9.17) is 0 Å². The van der Waals surface area contributed by atoms with E-state index in [1.807, 2.05) is 24.3 Å². The predicted molar refractivity (Wildman–Crippen MR) is 105 cm³/mol. The first-order valence-electron chi connectivity index (χ1n) is 9.88. The zero-order valence-electron chi connectivity index (χ0n) is 16.2. The van der Waals surface area contributed by atoms with Crippen LogP contribution in [0, 0.1) is 5.92 Å². The fourth-order valence-electron chi connectivity index (χ4n) is 4.01. The van der Waals surface area contributed by atoms with Crippen LogP contribution in [0.25, 0.3) is 11.0 Å². The number of pyridine rings is 1. The first-order chi connectivity index (χ1) is 14.8. The molecule has 0 unspecified atom stereocenters. The maximum absolute atomic E-state index is 12.7. The van der Waals surface area contributed by atoms with Crippen molar-refractivity contribution in [2.24, 2.45) is 5.92 Å². The molecule has 10 heteroatoms. The average Bonchev–Trinajstić information content (AvgIpc) is 3.29. The lowest BCUT2D eigenvalue weighted by molar-refractivity contribution is -0.141. The van der Waals surface area contributed by atoms with Crippen molar-refractivity contribution < 1.29 is 22.8 Å². The molecule has 2 aliphatic rings. The maximum atomic E-state index is 12.7. The van der Waals surface area contributed by atoms with E-state index in [0.717, 1.165) is 29.1 Å². The molecule has 0 radical (unpaired) electrons. The highest BCUT2D eigenvalue weighted by molar-refractivity contribution is 5.97. The molecule has 2 aromatic heterocycles. The zero-order chi connectivity index (χ0) is 21.8. The molecule has 31 heavy (non-hydrogen) atoms. The first-order valence-corrected chi connectivity index (χ1v) is 9.88. The third kappa shape index (κ3) is 3.73. The Kier molecular flexibility index (Phi) is 4.45. The van der Waals surface area contributed by atoms with E-state index >= 15 is 0 Å². The maximum Gasteiger partial charge on any atom is 0.433 e. The van der Waals surface area contributed by atoms with Gasteiger partial charge >= 0.3 is 6.18 Å². The van der Waals surface area contributed by atoms with Crippen molar-refractivity contribution in [3.05, 3.63) is 54.1 Å². The third-order valence-corrected chi connectivity index (χ3v) is 5.71. The number of benzene rings is 1. The van der Waals surface area contributed by atoms with Crippen LogP contribution in [0.5, 0.6) is 0 Å². The van der Waals surface area contributed by atoms with Crippen molar-refractivity contribution in [2.45, 2.75) is 31.0 Å². The summed E-state index contributed by atoms with van der Waals surface area (Å²) in [5.41, 5.74) is 1.04. The topological polar surface area (TPSA) is 91.0 Å². The van der Waals surface area contributed by atoms with Crippen molar-refractivity contribution in [3.8, 4) is 0 Å². The van der Waals surface area contributed by atoms with Gasteiger partial charge in [-0.3, -0.25) is 9.59 Å². The monoisotopic (exact) mass is 429 g/mol. The number of nitrogens with one attached hydrogen (secondary N) is 2. The third-order valence-electron chi connectivity index (χ3n) is 5.71. The van der Waals surface area contributed by atoms with Gasteiger partial charge in [-0.25, -0.2) is 9.97 Å². The Morgan fingerprint density at radius 2 is 2.00 bits per heavy atom. The van der Waals surface area contributed by atoms with Gasteiger partial charge in [0.25, 0.3) is 0 Å². The van der Waals surface area contributed by atoms with Crippen molar-refractivity contribution in [3.63, 3.8) is 0 Å². The molecule has 1 saturated carbocycles. The van der Waals surface area contributed by atoms with Gasteiger partial charge in [-0.15, -0.1) is 0 Å². The number of nitrogens with zero attached hydrogens (tertiary/aromatic N) is 3. The molecule has 160 valence electrons. The summed E-state index contributed by atoms with van der Waals surface area (Å²) in [5, 5.41) is 2.90. The molecule has 0 spiro atoms. The van der Waals surface area contributed by atoms with Crippen molar-refractivity contribution in [2.75, 3.05) is 11.4 Å². The van der Waals surface area contributed by atoms with Crippen LogP contribution in [0.4, 0.5) is 18.9 Å². The summed E-state index contributed by atoms with van der Waals surface area (Å²) in [6.45, 7) is 0.194. The Bertz CT molecular complexity index is 1120. The van der Waals surface area contributed by atoms with E-state index in [0.29, 0.717) is 6.42 Å². The lowest BCUT2D eigenvalue weighted by atomic mass is 10.2. The van der Waals surface area contributed by atoms with E-state index in [2.05, 4.69) is 20.3 Å². The molecule has 2 amide bonds. The van der Waals surface area contributed by atoms with Gasteiger partial charge in [0.2, 0.25) is 11.8 Å². The minimum atomic E-state index is -4.54. The number of carbonyl (C=O) groups excluding carboxylic acids is 2. The number of para-hydroxylation sites is 2. The number of anilines is 1. The molecule has 3 atom stereocenters. The number of halogens is 3. The number of amides is 2. The number of H-pyrrole nitrogens is 1. The molecule has 1 aliphatic carbocycles. The van der Waals surface area contributed by atoms with Crippen LogP contribution in [-0.4, -0.2) is 39.4 Å². The summed E-state index contributed by atoms with van der Waals surface area (Å²) in [5.74, 6) is 0.172. The van der Waals surface area contributed by atoms with Gasteiger partial charge in [-0.2, -0.15) is 13.2 Å². The fourth-order valence-corrected chi connectivity index (χ4v) is 4.01. The lowest BCUT2D eigenvalue weighted by Crippen LogP contribution is -2.38. The first kappa shape index (κ1) is 19.5. The van der Waals surface area contributed by atoms with E-state index < -0.39 is 17.9 Å². The van der Waals surface area contributed by atoms with E-state index in [1.54, 1.807) is 0 Å². The van der Waals surface area contributed by atoms with Crippen LogP contribution in [0.2, 0.25) is 0 Å². The van der Waals surface area contributed by atoms with Crippen LogP contribution < -0.4 is 10.2 Å². The number of aromatic nitrogens is 3. The predicted octanol–water partition coefficient (Wildman–Crippen LogP) is 3.00. The highest BCUT2D eigenvalue weighted by atomic mass is 19.4. The molecular formula is C21H18F3N5O2. The number of imidazole rings is 1. The highest BCUT2D eigenvalue weighted by Gasteiger charge is 2.47. The van der Waals surface area contributed by atoms with E-state index in [9.17, 15) is 22.8 Å². The normalized spacial score (nSPS) is 23.4. The summed E-state index contributed by atoms with van der Waals surface area (Å²) in [7, 11) is 0. The molecule has 3 aromatic rings. The van der Waals surface area contributed by atoms with Gasteiger partial charge in [0, 0.05) is 24.8 Å². The van der Waals surface area contributed by atoms with E-state index in [-0.39, 0.29) is 42.3 Å². The minimum Gasteiger partial charge on any atom is -0.351 e. The van der Waals surface area contributed by atoms with Gasteiger partial charge in [0.1, 0.15) is 11.5 Å². The second-order valence-corrected chi connectivity index (χ2v) is 7.90. The molecule has 0 bridgehead atoms. The Morgan fingerprint density at radius 3 is 2.71 bits per heavy atom. The Balaban J connectivity index is 1.20. The van der Waals surface area contributed by atoms with Crippen LogP contribution >= 0.6 is 0 Å². The number of alkyl halides is 3. The second kappa shape index (κ2) is 7.07. The number of rotatable bonds is 4. The number of fused-ring (bicyclic) bond motifs is 1. The molecule has 1 saturated heterocycles. The average molecular weight is 429 g/mol. The number of hydrogen-bond donors (Lipinski definition) is 2.